The molecule has 0 aromatic carbocycles. The number of rotatable bonds is 2. The lowest BCUT2D eigenvalue weighted by atomic mass is 10.3. The first-order chi connectivity index (χ1) is 6.84. The number of carbonyl (C=O) groups is 1. The van der Waals surface area contributed by atoms with Crippen LogP contribution in [-0.4, -0.2) is 38.0 Å². The van der Waals surface area contributed by atoms with Gasteiger partial charge in [0, 0.05) is 19.2 Å². The van der Waals surface area contributed by atoms with Gasteiger partial charge in [-0.15, -0.1) is 0 Å². The van der Waals surface area contributed by atoms with Gasteiger partial charge in [0.1, 0.15) is 6.23 Å². The molecular weight excluding hydrogens is 182 g/mol. The summed E-state index contributed by atoms with van der Waals surface area (Å²) in [5, 5.41) is 8.92. The van der Waals surface area contributed by atoms with Gasteiger partial charge in [-0.05, 0) is 25.8 Å². The minimum Gasteiger partial charge on any atom is -0.358 e. The predicted molar refractivity (Wildman–Crippen MR) is 51.9 cm³/mol. The average Bonchev–Trinajstić information content (AvgIpc) is 2.76. The summed E-state index contributed by atoms with van der Waals surface area (Å²) in [6, 6.07) is 0.169. The second-order valence-electron chi connectivity index (χ2n) is 3.81. The van der Waals surface area contributed by atoms with Crippen molar-refractivity contribution in [1.82, 2.24) is 16.0 Å². The standard InChI is InChI=1S/C9H17N3O2/c13-9(11-7-3-4-10-6-7)12-8-2-1-5-14-8/h7-8,10H,1-6H2,(H2,11,12,13). The first-order valence-corrected chi connectivity index (χ1v) is 5.24. The minimum atomic E-state index is -0.106. The van der Waals surface area contributed by atoms with Crippen LogP contribution in [0.25, 0.3) is 0 Å². The quantitative estimate of drug-likeness (QED) is 0.576. The SMILES string of the molecule is O=C(NC1CCNC1)NC1CCCO1. The van der Waals surface area contributed by atoms with Crippen LogP contribution in [0.4, 0.5) is 4.79 Å². The van der Waals surface area contributed by atoms with Crippen LogP contribution in [-0.2, 0) is 4.74 Å². The van der Waals surface area contributed by atoms with Crippen molar-refractivity contribution < 1.29 is 9.53 Å². The second kappa shape index (κ2) is 4.61. The highest BCUT2D eigenvalue weighted by Gasteiger charge is 2.20. The van der Waals surface area contributed by atoms with Gasteiger partial charge in [0.2, 0.25) is 0 Å². The Morgan fingerprint density at radius 3 is 2.93 bits per heavy atom. The van der Waals surface area contributed by atoms with E-state index >= 15 is 0 Å². The zero-order valence-corrected chi connectivity index (χ0v) is 8.21. The molecule has 5 heteroatoms. The maximum atomic E-state index is 11.4. The third-order valence-corrected chi connectivity index (χ3v) is 2.62. The zero-order chi connectivity index (χ0) is 9.80. The largest absolute Gasteiger partial charge is 0.358 e. The lowest BCUT2D eigenvalue weighted by Gasteiger charge is -2.15. The Bertz CT molecular complexity index is 178. The zero-order valence-electron chi connectivity index (χ0n) is 8.21. The number of nitrogens with one attached hydrogen (secondary N) is 3. The molecule has 2 fully saturated rings. The van der Waals surface area contributed by atoms with E-state index in [0.717, 1.165) is 39.0 Å². The van der Waals surface area contributed by atoms with Crippen LogP contribution in [0.3, 0.4) is 0 Å². The molecule has 5 nitrogen and oxygen atoms in total. The van der Waals surface area contributed by atoms with Gasteiger partial charge in [-0.2, -0.15) is 0 Å². The van der Waals surface area contributed by atoms with Crippen molar-refractivity contribution >= 4 is 6.03 Å². The van der Waals surface area contributed by atoms with E-state index in [1.165, 1.54) is 0 Å². The molecule has 2 rings (SSSR count). The monoisotopic (exact) mass is 199 g/mol. The van der Waals surface area contributed by atoms with Crippen LogP contribution in [0.15, 0.2) is 0 Å². The molecule has 0 saturated carbocycles. The van der Waals surface area contributed by atoms with Crippen LogP contribution >= 0.6 is 0 Å². The van der Waals surface area contributed by atoms with Crippen molar-refractivity contribution in [2.75, 3.05) is 19.7 Å². The fourth-order valence-corrected chi connectivity index (χ4v) is 1.84. The van der Waals surface area contributed by atoms with Gasteiger partial charge in [-0.25, -0.2) is 4.79 Å². The normalized spacial score (nSPS) is 31.7. The topological polar surface area (TPSA) is 62.4 Å². The smallest absolute Gasteiger partial charge is 0.317 e. The molecule has 0 aromatic heterocycles. The van der Waals surface area contributed by atoms with Crippen molar-refractivity contribution in [3.8, 4) is 0 Å². The first kappa shape index (κ1) is 9.73. The summed E-state index contributed by atoms with van der Waals surface area (Å²) in [5.74, 6) is 0. The molecule has 2 heterocycles. The Kier molecular flexibility index (Phi) is 3.21. The molecule has 2 aliphatic heterocycles. The number of hydrogen-bond acceptors (Lipinski definition) is 3. The van der Waals surface area contributed by atoms with Crippen molar-refractivity contribution in [2.45, 2.75) is 31.5 Å². The third-order valence-electron chi connectivity index (χ3n) is 2.62. The lowest BCUT2D eigenvalue weighted by Crippen LogP contribution is -2.46. The molecule has 14 heavy (non-hydrogen) atoms. The van der Waals surface area contributed by atoms with Crippen LogP contribution in [0, 0.1) is 0 Å². The van der Waals surface area contributed by atoms with Gasteiger partial charge in [0.25, 0.3) is 0 Å². The summed E-state index contributed by atoms with van der Waals surface area (Å²) < 4.78 is 5.30. The van der Waals surface area contributed by atoms with Crippen LogP contribution in [0.2, 0.25) is 0 Å². The second-order valence-corrected chi connectivity index (χ2v) is 3.81. The molecule has 2 atom stereocenters. The number of hydrogen-bond donors (Lipinski definition) is 3. The number of carbonyl (C=O) groups excluding carboxylic acids is 1. The molecule has 0 aromatic rings. The maximum absolute atomic E-state index is 11.4. The lowest BCUT2D eigenvalue weighted by molar-refractivity contribution is 0.0903. The molecule has 2 aliphatic rings. The maximum Gasteiger partial charge on any atom is 0.317 e. The molecule has 0 bridgehead atoms. The van der Waals surface area contributed by atoms with Crippen molar-refractivity contribution in [3.05, 3.63) is 0 Å². The number of urea groups is 1. The fraction of sp³-hybridized carbons (Fsp3) is 0.889. The highest BCUT2D eigenvalue weighted by molar-refractivity contribution is 5.74. The van der Waals surface area contributed by atoms with Crippen LogP contribution < -0.4 is 16.0 Å². The van der Waals surface area contributed by atoms with E-state index in [9.17, 15) is 4.79 Å². The van der Waals surface area contributed by atoms with Crippen molar-refractivity contribution in [1.29, 1.82) is 0 Å². The van der Waals surface area contributed by atoms with Gasteiger partial charge < -0.3 is 20.7 Å². The third kappa shape index (κ3) is 2.59. The molecule has 2 unspecified atom stereocenters. The summed E-state index contributed by atoms with van der Waals surface area (Å²) in [6.45, 7) is 2.62. The van der Waals surface area contributed by atoms with E-state index in [4.69, 9.17) is 4.74 Å². The Morgan fingerprint density at radius 2 is 2.29 bits per heavy atom. The van der Waals surface area contributed by atoms with Crippen LogP contribution in [0.1, 0.15) is 19.3 Å². The first-order valence-electron chi connectivity index (χ1n) is 5.24. The molecule has 0 spiro atoms. The minimum absolute atomic E-state index is 0.0793. The molecule has 80 valence electrons. The molecule has 0 aliphatic carbocycles. The molecule has 2 amide bonds. The molecule has 0 radical (unpaired) electrons. The van der Waals surface area contributed by atoms with E-state index in [0.29, 0.717) is 0 Å². The van der Waals surface area contributed by atoms with E-state index in [1.54, 1.807) is 0 Å². The Morgan fingerprint density at radius 1 is 1.36 bits per heavy atom. The fourth-order valence-electron chi connectivity index (χ4n) is 1.84. The number of amides is 2. The van der Waals surface area contributed by atoms with E-state index in [1.807, 2.05) is 0 Å². The molecular formula is C9H17N3O2. The van der Waals surface area contributed by atoms with Crippen LogP contribution in [0.5, 0.6) is 0 Å². The summed E-state index contributed by atoms with van der Waals surface area (Å²) in [4.78, 5) is 11.4. The Hall–Kier alpha value is -0.810. The summed E-state index contributed by atoms with van der Waals surface area (Å²) in [7, 11) is 0. The Labute approximate surface area is 83.6 Å². The predicted octanol–water partition coefficient (Wildman–Crippen LogP) is -0.216. The highest BCUT2D eigenvalue weighted by Crippen LogP contribution is 2.08. The van der Waals surface area contributed by atoms with Gasteiger partial charge in [-0.3, -0.25) is 0 Å². The molecule has 3 N–H and O–H groups in total. The van der Waals surface area contributed by atoms with E-state index in [-0.39, 0.29) is 18.3 Å². The van der Waals surface area contributed by atoms with E-state index in [2.05, 4.69) is 16.0 Å². The highest BCUT2D eigenvalue weighted by atomic mass is 16.5. The van der Waals surface area contributed by atoms with Gasteiger partial charge in [0.05, 0.1) is 0 Å². The average molecular weight is 199 g/mol. The van der Waals surface area contributed by atoms with Gasteiger partial charge >= 0.3 is 6.03 Å². The summed E-state index contributed by atoms with van der Waals surface area (Å²) >= 11 is 0. The summed E-state index contributed by atoms with van der Waals surface area (Å²) in [6.07, 6.45) is 2.90. The van der Waals surface area contributed by atoms with Crippen molar-refractivity contribution in [2.24, 2.45) is 0 Å². The summed E-state index contributed by atoms with van der Waals surface area (Å²) in [5.41, 5.74) is 0. The van der Waals surface area contributed by atoms with E-state index < -0.39 is 0 Å². The Balaban J connectivity index is 1.66. The number of ether oxygens (including phenoxy) is 1. The van der Waals surface area contributed by atoms with Crippen molar-refractivity contribution in [3.63, 3.8) is 0 Å². The van der Waals surface area contributed by atoms with Gasteiger partial charge in [0.15, 0.2) is 0 Å². The van der Waals surface area contributed by atoms with Gasteiger partial charge in [-0.1, -0.05) is 0 Å². The molecule has 2 saturated heterocycles.